The van der Waals surface area contributed by atoms with E-state index >= 15 is 0 Å². The third-order valence-corrected chi connectivity index (χ3v) is 14.2. The minimum absolute atomic E-state index is 0.177. The van der Waals surface area contributed by atoms with E-state index in [-0.39, 0.29) is 50.6 Å². The first-order valence-electron chi connectivity index (χ1n) is 25.6. The second-order valence-electron chi connectivity index (χ2n) is 20.7. The normalized spacial score (nSPS) is 27.4. The zero-order chi connectivity index (χ0) is 52.5. The maximum atomic E-state index is 13.9. The number of hydrogen-bond acceptors (Lipinski definition) is 11. The van der Waals surface area contributed by atoms with Crippen LogP contribution in [0, 0.1) is 0 Å². The molecule has 5 saturated heterocycles. The second-order valence-corrected chi connectivity index (χ2v) is 20.7. The minimum atomic E-state index is -1.43. The summed E-state index contributed by atoms with van der Waals surface area (Å²) in [6, 6.07) is 12.9. The largest absolute Gasteiger partial charge is 0.354 e. The predicted molar refractivity (Wildman–Crippen MR) is 264 cm³/mol. The van der Waals surface area contributed by atoms with Gasteiger partial charge in [-0.05, 0) is 103 Å². The van der Waals surface area contributed by atoms with Gasteiger partial charge in [0.2, 0.25) is 47.3 Å². The van der Waals surface area contributed by atoms with Gasteiger partial charge in [-0.2, -0.15) is 0 Å². The van der Waals surface area contributed by atoms with Crippen molar-refractivity contribution in [1.29, 1.82) is 0 Å². The van der Waals surface area contributed by atoms with Crippen LogP contribution in [0.5, 0.6) is 0 Å². The molecular formula is C52H70N10O11. The van der Waals surface area contributed by atoms with Crippen LogP contribution in [-0.2, 0) is 65.5 Å². The fourth-order valence-electron chi connectivity index (χ4n) is 9.84. The Morgan fingerprint density at radius 1 is 0.534 bits per heavy atom. The number of carbonyl (C=O) groups excluding carboxylic acids is 10. The molecule has 2 unspecified atom stereocenters. The molecule has 73 heavy (non-hydrogen) atoms. The Labute approximate surface area is 425 Å². The summed E-state index contributed by atoms with van der Waals surface area (Å²) < 4.78 is 5.40. The molecule has 0 aromatic heterocycles. The average Bonchev–Trinajstić information content (AvgIpc) is 3.73. The second kappa shape index (κ2) is 23.8. The van der Waals surface area contributed by atoms with Crippen LogP contribution in [0.4, 0.5) is 0 Å². The highest BCUT2D eigenvalue weighted by Crippen LogP contribution is 2.25. The van der Waals surface area contributed by atoms with Crippen molar-refractivity contribution in [2.24, 2.45) is 0 Å². The van der Waals surface area contributed by atoms with Crippen LogP contribution >= 0.6 is 0 Å². The van der Waals surface area contributed by atoms with Gasteiger partial charge in [-0.25, -0.2) is 0 Å². The number of nitrogens with zero attached hydrogens (tertiary/aromatic N) is 2. The molecule has 0 spiro atoms. The van der Waals surface area contributed by atoms with Gasteiger partial charge in [-0.3, -0.25) is 47.9 Å². The summed E-state index contributed by atoms with van der Waals surface area (Å²) in [6.07, 6.45) is 2.35. The number of ether oxygens (including phenoxy) is 1. The topological polar surface area (TPSA) is 286 Å². The lowest BCUT2D eigenvalue weighted by atomic mass is 9.98. The minimum Gasteiger partial charge on any atom is -0.354 e. The fourth-order valence-corrected chi connectivity index (χ4v) is 9.84. The summed E-state index contributed by atoms with van der Waals surface area (Å²) in [5.74, 6) is -4.85. The van der Waals surface area contributed by atoms with Gasteiger partial charge >= 0.3 is 0 Å². The molecule has 0 radical (unpaired) electrons. The summed E-state index contributed by atoms with van der Waals surface area (Å²) in [4.78, 5) is 139. The van der Waals surface area contributed by atoms with Crippen molar-refractivity contribution in [3.8, 4) is 0 Å². The van der Waals surface area contributed by atoms with E-state index in [1.54, 1.807) is 0 Å². The quantitative estimate of drug-likeness (QED) is 0.0788. The molecule has 21 heteroatoms. The van der Waals surface area contributed by atoms with E-state index in [4.69, 9.17) is 4.74 Å². The van der Waals surface area contributed by atoms with Crippen LogP contribution in [0.25, 0.3) is 0 Å². The van der Waals surface area contributed by atoms with Gasteiger partial charge in [0.15, 0.2) is 12.2 Å². The highest BCUT2D eigenvalue weighted by Gasteiger charge is 2.50. The molecular weight excluding hydrogens is 941 g/mol. The SMILES string of the molecule is CC1(C)NC(=O)[C@H](CCCCNC(=O)C2OC2C(=O)NCCCC[C@H]2NC(=O)[C@H]3CCCN3C(=O)[C@H](Cc3ccccc3)NC(=O)C(C)(C)NC2=O)NC(=O)[C@H]2CCCN2C(=O)[C@H](Cc2ccccc2)NC1=O. The van der Waals surface area contributed by atoms with Crippen molar-refractivity contribution in [1.82, 2.24) is 52.3 Å². The van der Waals surface area contributed by atoms with E-state index in [0.717, 1.165) is 11.1 Å². The van der Waals surface area contributed by atoms with Gasteiger partial charge in [-0.1, -0.05) is 60.7 Å². The molecule has 0 aliphatic carbocycles. The van der Waals surface area contributed by atoms with E-state index in [1.165, 1.54) is 37.5 Å². The molecule has 8 N–H and O–H groups in total. The van der Waals surface area contributed by atoms with Crippen LogP contribution in [0.2, 0.25) is 0 Å². The number of hydrogen-bond donors (Lipinski definition) is 8. The predicted octanol–water partition coefficient (Wildman–Crippen LogP) is -0.450. The van der Waals surface area contributed by atoms with Gasteiger partial charge in [0.05, 0.1) is 0 Å². The molecule has 21 nitrogen and oxygen atoms in total. The van der Waals surface area contributed by atoms with Crippen molar-refractivity contribution < 1.29 is 52.7 Å². The monoisotopic (exact) mass is 1010 g/mol. The Balaban J connectivity index is 0.839. The molecule has 5 heterocycles. The number of nitrogens with one attached hydrogen (secondary N) is 8. The molecule has 10 amide bonds. The Hall–Kier alpha value is -6.90. The number of unbranched alkanes of at least 4 members (excludes halogenated alkanes) is 2. The smallest absolute Gasteiger partial charge is 0.252 e. The molecule has 0 saturated carbocycles. The van der Waals surface area contributed by atoms with E-state index in [2.05, 4.69) is 42.5 Å². The van der Waals surface area contributed by atoms with Crippen molar-refractivity contribution >= 4 is 59.1 Å². The summed E-state index contributed by atoms with van der Waals surface area (Å²) in [7, 11) is 0. The van der Waals surface area contributed by atoms with Crippen molar-refractivity contribution in [2.45, 2.75) is 164 Å². The van der Waals surface area contributed by atoms with Crippen LogP contribution in [0.3, 0.4) is 0 Å². The first-order valence-corrected chi connectivity index (χ1v) is 25.6. The lowest BCUT2D eigenvalue weighted by molar-refractivity contribution is -0.144. The zero-order valence-electron chi connectivity index (χ0n) is 42.1. The van der Waals surface area contributed by atoms with Gasteiger partial charge in [0, 0.05) is 39.0 Å². The Morgan fingerprint density at radius 2 is 0.918 bits per heavy atom. The Kier molecular flexibility index (Phi) is 17.5. The standard InChI is InChI=1S/C52H70N10O11/c1-51(2)49(71)57-35(29-31-17-7-5-8-18-31)47(69)61-27-15-23-37(61)43(65)55-33(41(63)59-51)21-11-13-25-53-45(67)39-40(73-39)46(68)54-26-14-12-22-34-42(64)60-52(3,4)50(72)58-36(30-32-19-9-6-10-20-32)48(70)62-28-16-24-38(62)44(66)56-34/h5-10,17-20,33-40H,11-16,21-30H2,1-4H3,(H,53,67)(H,54,68)(H,55,65)(H,56,66)(H,57,71)(H,58,72)(H,59,63)(H,60,64)/t33-,34+,35-,36-,37+,38+,39?,40?/m0/s1. The van der Waals surface area contributed by atoms with E-state index in [0.29, 0.717) is 64.5 Å². The molecule has 0 bridgehead atoms. The molecule has 2 aromatic rings. The van der Waals surface area contributed by atoms with Gasteiger partial charge < -0.3 is 57.1 Å². The molecule has 2 aromatic carbocycles. The maximum Gasteiger partial charge on any atom is 0.252 e. The number of amides is 10. The lowest BCUT2D eigenvalue weighted by Gasteiger charge is -2.34. The maximum absolute atomic E-state index is 13.9. The summed E-state index contributed by atoms with van der Waals surface area (Å²) >= 11 is 0. The summed E-state index contributed by atoms with van der Waals surface area (Å²) in [5, 5.41) is 22.3. The van der Waals surface area contributed by atoms with E-state index in [1.807, 2.05) is 60.7 Å². The van der Waals surface area contributed by atoms with Gasteiger partial charge in [0.1, 0.15) is 47.3 Å². The molecule has 5 fully saturated rings. The summed E-state index contributed by atoms with van der Waals surface area (Å²) in [6.45, 7) is 7.17. The molecule has 394 valence electrons. The molecule has 5 aliphatic heterocycles. The molecule has 8 atom stereocenters. The first-order chi connectivity index (χ1) is 34.8. The van der Waals surface area contributed by atoms with Crippen LogP contribution in [0.15, 0.2) is 60.7 Å². The summed E-state index contributed by atoms with van der Waals surface area (Å²) in [5.41, 5.74) is -1.20. The average molecular weight is 1010 g/mol. The highest BCUT2D eigenvalue weighted by molar-refractivity contribution is 6.01. The number of carbonyl (C=O) groups is 10. The van der Waals surface area contributed by atoms with E-state index < -0.39 is 107 Å². The highest BCUT2D eigenvalue weighted by atomic mass is 16.6. The number of epoxide rings is 1. The molecule has 5 aliphatic rings. The third kappa shape index (κ3) is 13.8. The number of benzene rings is 2. The number of rotatable bonds is 16. The van der Waals surface area contributed by atoms with E-state index in [9.17, 15) is 47.9 Å². The fraction of sp³-hybridized carbons (Fsp3) is 0.577. The lowest BCUT2D eigenvalue weighted by Crippen LogP contribution is -2.64. The first kappa shape index (κ1) is 53.9. The van der Waals surface area contributed by atoms with Crippen LogP contribution < -0.4 is 42.5 Å². The van der Waals surface area contributed by atoms with Crippen LogP contribution in [0.1, 0.15) is 103 Å². The Morgan fingerprint density at radius 3 is 1.30 bits per heavy atom. The van der Waals surface area contributed by atoms with Crippen molar-refractivity contribution in [3.05, 3.63) is 71.8 Å². The van der Waals surface area contributed by atoms with Gasteiger partial charge in [0.25, 0.3) is 11.8 Å². The van der Waals surface area contributed by atoms with Crippen molar-refractivity contribution in [3.63, 3.8) is 0 Å². The van der Waals surface area contributed by atoms with Gasteiger partial charge in [-0.15, -0.1) is 0 Å². The van der Waals surface area contributed by atoms with Crippen LogP contribution in [-0.4, -0.2) is 155 Å². The third-order valence-electron chi connectivity index (χ3n) is 14.2. The molecule has 7 rings (SSSR count). The van der Waals surface area contributed by atoms with Crippen molar-refractivity contribution in [2.75, 3.05) is 26.2 Å². The zero-order valence-corrected chi connectivity index (χ0v) is 42.1. The Bertz CT molecular complexity index is 2240. The number of fused-ring (bicyclic) bond motifs is 2.